The van der Waals surface area contributed by atoms with E-state index >= 15 is 0 Å². The lowest BCUT2D eigenvalue weighted by Crippen LogP contribution is -2.55. The Balaban J connectivity index is 2.52. The number of imide groups is 2. The van der Waals surface area contributed by atoms with Gasteiger partial charge in [0.15, 0.2) is 0 Å². The molecule has 0 saturated heterocycles. The Morgan fingerprint density at radius 3 is 1.19 bits per heavy atom. The summed E-state index contributed by atoms with van der Waals surface area (Å²) in [5.41, 5.74) is 0.424. The molecule has 6 heteroatoms. The van der Waals surface area contributed by atoms with E-state index in [1.165, 1.54) is 24.3 Å². The highest BCUT2D eigenvalue weighted by Gasteiger charge is 2.36. The van der Waals surface area contributed by atoms with Crippen LogP contribution in [0.3, 0.4) is 0 Å². The number of rotatable bonds is 4. The van der Waals surface area contributed by atoms with E-state index in [0.717, 1.165) is 0 Å². The Kier molecular flexibility index (Phi) is 6.38. The van der Waals surface area contributed by atoms with Crippen molar-refractivity contribution in [3.63, 3.8) is 0 Å². The zero-order chi connectivity index (χ0) is 19.1. The van der Waals surface area contributed by atoms with E-state index in [4.69, 9.17) is 0 Å². The van der Waals surface area contributed by atoms with Gasteiger partial charge in [0.1, 0.15) is 0 Å². The molecule has 0 aliphatic carbocycles. The first-order chi connectivity index (χ1) is 12.5. The quantitative estimate of drug-likeness (QED) is 0.793. The number of hydrogen-bond donors (Lipinski definition) is 0. The molecule has 4 amide bonds. The molecule has 0 N–H and O–H groups in total. The molecule has 2 rings (SSSR count). The summed E-state index contributed by atoms with van der Waals surface area (Å²) in [7, 11) is 0. The van der Waals surface area contributed by atoms with Gasteiger partial charge in [-0.15, -0.1) is 0 Å². The fraction of sp³-hybridized carbons (Fsp3) is 0.200. The van der Waals surface area contributed by atoms with Crippen molar-refractivity contribution >= 4 is 23.6 Å². The molecule has 0 aliphatic heterocycles. The van der Waals surface area contributed by atoms with Gasteiger partial charge < -0.3 is 0 Å². The van der Waals surface area contributed by atoms with Gasteiger partial charge in [0.2, 0.25) is 11.8 Å². The third-order valence-electron chi connectivity index (χ3n) is 3.70. The largest absolute Gasteiger partial charge is 0.280 e. The van der Waals surface area contributed by atoms with E-state index in [9.17, 15) is 19.2 Å². The maximum Gasteiger partial charge on any atom is 0.280 e. The first-order valence-electron chi connectivity index (χ1n) is 8.35. The average Bonchev–Trinajstić information content (AvgIpc) is 2.71. The monoisotopic (exact) mass is 352 g/mol. The van der Waals surface area contributed by atoms with Gasteiger partial charge in [-0.05, 0) is 24.3 Å². The number of carbonyl (C=O) groups is 4. The minimum absolute atomic E-state index is 0.0336. The van der Waals surface area contributed by atoms with Gasteiger partial charge in [0, 0.05) is 24.0 Å². The molecule has 0 fully saturated rings. The number of nitrogens with zero attached hydrogens (tertiary/aromatic N) is 2. The minimum atomic E-state index is -0.719. The molecular formula is C20H20N2O4. The molecule has 0 heterocycles. The molecule has 0 atom stereocenters. The Morgan fingerprint density at radius 1 is 0.615 bits per heavy atom. The predicted molar refractivity (Wildman–Crippen MR) is 95.8 cm³/mol. The van der Waals surface area contributed by atoms with Crippen molar-refractivity contribution < 1.29 is 19.2 Å². The summed E-state index contributed by atoms with van der Waals surface area (Å²) >= 11 is 0. The zero-order valence-corrected chi connectivity index (χ0v) is 14.7. The number of carbonyl (C=O) groups excluding carboxylic acids is 4. The van der Waals surface area contributed by atoms with Crippen LogP contribution in [0, 0.1) is 0 Å². The van der Waals surface area contributed by atoms with Crippen LogP contribution in [0.25, 0.3) is 0 Å². The van der Waals surface area contributed by atoms with Gasteiger partial charge in [-0.1, -0.05) is 50.2 Å². The zero-order valence-electron chi connectivity index (χ0n) is 14.7. The van der Waals surface area contributed by atoms with Crippen molar-refractivity contribution in [2.75, 3.05) is 0 Å². The lowest BCUT2D eigenvalue weighted by Gasteiger charge is -2.31. The van der Waals surface area contributed by atoms with Gasteiger partial charge in [-0.25, -0.2) is 0 Å². The highest BCUT2D eigenvalue weighted by molar-refractivity contribution is 6.12. The van der Waals surface area contributed by atoms with E-state index in [-0.39, 0.29) is 24.0 Å². The number of amides is 4. The van der Waals surface area contributed by atoms with Crippen molar-refractivity contribution in [3.8, 4) is 0 Å². The van der Waals surface area contributed by atoms with Gasteiger partial charge in [-0.2, -0.15) is 10.0 Å². The van der Waals surface area contributed by atoms with Crippen molar-refractivity contribution in [2.24, 2.45) is 0 Å². The van der Waals surface area contributed by atoms with E-state index in [1.807, 2.05) is 0 Å². The highest BCUT2D eigenvalue weighted by Crippen LogP contribution is 2.15. The molecule has 0 unspecified atom stereocenters. The SMILES string of the molecule is CCC(=O)N(C(=O)c1ccccc1)N(C(=O)CC)C(=O)c1ccccc1. The van der Waals surface area contributed by atoms with Crippen LogP contribution in [0.2, 0.25) is 0 Å². The Bertz CT molecular complexity index is 734. The summed E-state index contributed by atoms with van der Waals surface area (Å²) in [5, 5.41) is 1.30. The normalized spacial score (nSPS) is 10.1. The van der Waals surface area contributed by atoms with Crippen molar-refractivity contribution in [2.45, 2.75) is 26.7 Å². The predicted octanol–water partition coefficient (Wildman–Crippen LogP) is 3.06. The number of benzene rings is 2. The molecule has 2 aromatic rings. The topological polar surface area (TPSA) is 74.8 Å². The second-order valence-corrected chi connectivity index (χ2v) is 5.46. The summed E-state index contributed by atoms with van der Waals surface area (Å²) in [6.45, 7) is 3.13. The van der Waals surface area contributed by atoms with Crippen LogP contribution < -0.4 is 0 Å². The summed E-state index contributed by atoms with van der Waals surface area (Å²) in [6, 6.07) is 16.2. The van der Waals surface area contributed by atoms with Crippen molar-refractivity contribution in [3.05, 3.63) is 71.8 Å². The summed E-state index contributed by atoms with van der Waals surface area (Å²) in [5.74, 6) is -2.71. The summed E-state index contributed by atoms with van der Waals surface area (Å²) in [6.07, 6.45) is -0.0672. The molecule has 0 spiro atoms. The Morgan fingerprint density at radius 2 is 0.923 bits per heavy atom. The fourth-order valence-corrected chi connectivity index (χ4v) is 2.34. The fourth-order valence-electron chi connectivity index (χ4n) is 2.34. The molecule has 0 bridgehead atoms. The standard InChI is InChI=1S/C20H20N2O4/c1-3-17(23)21(19(25)15-11-7-5-8-12-15)22(18(24)4-2)20(26)16-13-9-6-10-14-16/h5-14H,3-4H2,1-2H3. The molecule has 134 valence electrons. The maximum absolute atomic E-state index is 12.9. The second-order valence-electron chi connectivity index (χ2n) is 5.46. The van der Waals surface area contributed by atoms with Gasteiger partial charge in [0.05, 0.1) is 0 Å². The van der Waals surface area contributed by atoms with E-state index < -0.39 is 23.6 Å². The third kappa shape index (κ3) is 4.03. The Labute approximate surface area is 152 Å². The summed E-state index contributed by atoms with van der Waals surface area (Å²) in [4.78, 5) is 50.8. The average molecular weight is 352 g/mol. The molecule has 0 radical (unpaired) electrons. The van der Waals surface area contributed by atoms with Crippen molar-refractivity contribution in [1.82, 2.24) is 10.0 Å². The van der Waals surface area contributed by atoms with Gasteiger partial charge in [0.25, 0.3) is 11.8 Å². The molecular weight excluding hydrogens is 332 g/mol. The van der Waals surface area contributed by atoms with Crippen LogP contribution in [-0.2, 0) is 9.59 Å². The minimum Gasteiger partial charge on any atom is -0.273 e. The van der Waals surface area contributed by atoms with Crippen LogP contribution in [0.1, 0.15) is 47.4 Å². The molecule has 0 saturated carbocycles. The van der Waals surface area contributed by atoms with Gasteiger partial charge >= 0.3 is 0 Å². The summed E-state index contributed by atoms with van der Waals surface area (Å²) < 4.78 is 0. The molecule has 6 nitrogen and oxygen atoms in total. The molecule has 0 aromatic heterocycles. The number of hydrogen-bond acceptors (Lipinski definition) is 4. The lowest BCUT2D eigenvalue weighted by molar-refractivity contribution is -0.152. The van der Waals surface area contributed by atoms with Crippen LogP contribution in [0.4, 0.5) is 0 Å². The van der Waals surface area contributed by atoms with Crippen LogP contribution in [0.5, 0.6) is 0 Å². The van der Waals surface area contributed by atoms with E-state index in [2.05, 4.69) is 0 Å². The molecule has 26 heavy (non-hydrogen) atoms. The van der Waals surface area contributed by atoms with Gasteiger partial charge in [-0.3, -0.25) is 19.2 Å². The smallest absolute Gasteiger partial charge is 0.273 e. The third-order valence-corrected chi connectivity index (χ3v) is 3.70. The number of hydrazine groups is 1. The van der Waals surface area contributed by atoms with Crippen molar-refractivity contribution in [1.29, 1.82) is 0 Å². The first-order valence-corrected chi connectivity index (χ1v) is 8.35. The van der Waals surface area contributed by atoms with Crippen LogP contribution >= 0.6 is 0 Å². The second kappa shape index (κ2) is 8.71. The van der Waals surface area contributed by atoms with E-state index in [0.29, 0.717) is 10.0 Å². The first kappa shape index (κ1) is 19.1. The van der Waals surface area contributed by atoms with Crippen LogP contribution in [-0.4, -0.2) is 33.6 Å². The lowest BCUT2D eigenvalue weighted by atomic mass is 10.2. The Hall–Kier alpha value is -3.28. The highest BCUT2D eigenvalue weighted by atomic mass is 16.2. The molecule has 2 aromatic carbocycles. The molecule has 0 aliphatic rings. The van der Waals surface area contributed by atoms with Crippen LogP contribution in [0.15, 0.2) is 60.7 Å². The maximum atomic E-state index is 12.9. The van der Waals surface area contributed by atoms with E-state index in [1.54, 1.807) is 50.2 Å².